The Morgan fingerprint density at radius 2 is 1.86 bits per heavy atom. The van der Waals surface area contributed by atoms with Crippen LogP contribution in [0.3, 0.4) is 0 Å². The fraction of sp³-hybridized carbons (Fsp3) is 0.462. The van der Waals surface area contributed by atoms with E-state index in [0.717, 1.165) is 13.0 Å². The van der Waals surface area contributed by atoms with Gasteiger partial charge in [0.2, 0.25) is 0 Å². The third-order valence-electron chi connectivity index (χ3n) is 2.51. The fourth-order valence-electron chi connectivity index (χ4n) is 1.79. The van der Waals surface area contributed by atoms with Crippen molar-refractivity contribution in [3.63, 3.8) is 0 Å². The molecule has 1 aliphatic heterocycles. The summed E-state index contributed by atoms with van der Waals surface area (Å²) in [6, 6.07) is 6.45. The van der Waals surface area contributed by atoms with Gasteiger partial charge < -0.3 is 0 Å². The van der Waals surface area contributed by atoms with Gasteiger partial charge >= 0.3 is 0 Å². The van der Waals surface area contributed by atoms with E-state index in [9.17, 15) is 0 Å². The third kappa shape index (κ3) is 2.03. The minimum Gasteiger partial charge on any atom is -0.289 e. The van der Waals surface area contributed by atoms with Crippen LogP contribution in [-0.2, 0) is 6.42 Å². The Labute approximate surface area is 86.9 Å². The molecule has 1 heterocycles. The van der Waals surface area contributed by atoms with Crippen molar-refractivity contribution < 1.29 is 0 Å². The average molecular weight is 189 g/mol. The molecule has 0 saturated heterocycles. The lowest BCUT2D eigenvalue weighted by Crippen LogP contribution is -2.10. The normalized spacial score (nSPS) is 13.6. The van der Waals surface area contributed by atoms with Gasteiger partial charge in [0.05, 0.1) is 0 Å². The molecule has 0 aliphatic carbocycles. The Balaban J connectivity index is 0.000000461. The first kappa shape index (κ1) is 11.0. The second-order valence-corrected chi connectivity index (χ2v) is 3.32. The molecule has 76 valence electrons. The molecular weight excluding hydrogens is 170 g/mol. The molecule has 1 aromatic carbocycles. The number of hydrogen-bond acceptors (Lipinski definition) is 1. The minimum absolute atomic E-state index is 0.962. The number of fused-ring (bicyclic) bond motifs is 1. The molecule has 0 bridgehead atoms. The van der Waals surface area contributed by atoms with Gasteiger partial charge in [-0.05, 0) is 37.0 Å². The molecule has 14 heavy (non-hydrogen) atoms. The van der Waals surface area contributed by atoms with Crippen LogP contribution in [0.4, 0.5) is 0 Å². The summed E-state index contributed by atoms with van der Waals surface area (Å²) in [5, 5.41) is 0. The SMILES string of the molecule is CC.CC1=NCCc2c(C)cccc21. The van der Waals surface area contributed by atoms with E-state index in [1.54, 1.807) is 0 Å². The van der Waals surface area contributed by atoms with E-state index in [0.29, 0.717) is 0 Å². The van der Waals surface area contributed by atoms with Crippen LogP contribution in [0, 0.1) is 6.92 Å². The first-order chi connectivity index (χ1) is 6.79. The largest absolute Gasteiger partial charge is 0.289 e. The van der Waals surface area contributed by atoms with Gasteiger partial charge in [-0.15, -0.1) is 0 Å². The molecule has 0 saturated carbocycles. The van der Waals surface area contributed by atoms with Crippen molar-refractivity contribution in [3.8, 4) is 0 Å². The minimum atomic E-state index is 0.962. The monoisotopic (exact) mass is 189 g/mol. The highest BCUT2D eigenvalue weighted by atomic mass is 14.7. The van der Waals surface area contributed by atoms with E-state index in [1.807, 2.05) is 13.8 Å². The predicted octanol–water partition coefficient (Wildman–Crippen LogP) is 3.39. The van der Waals surface area contributed by atoms with Crippen molar-refractivity contribution in [2.75, 3.05) is 6.54 Å². The first-order valence-electron chi connectivity index (χ1n) is 5.39. The number of benzene rings is 1. The molecule has 2 rings (SSSR count). The van der Waals surface area contributed by atoms with E-state index in [1.165, 1.54) is 22.4 Å². The summed E-state index contributed by atoms with van der Waals surface area (Å²) >= 11 is 0. The predicted molar refractivity (Wildman–Crippen MR) is 63.3 cm³/mol. The van der Waals surface area contributed by atoms with Crippen LogP contribution in [-0.4, -0.2) is 12.3 Å². The second kappa shape index (κ2) is 4.94. The summed E-state index contributed by atoms with van der Waals surface area (Å²) in [5.41, 5.74) is 5.44. The standard InChI is InChI=1S/C11H13N.C2H6/c1-8-4-3-5-11-9(2)12-7-6-10(8)11;1-2/h3-5H,6-7H2,1-2H3;1-2H3. The zero-order valence-electron chi connectivity index (χ0n) is 9.59. The highest BCUT2D eigenvalue weighted by molar-refractivity contribution is 6.01. The summed E-state index contributed by atoms with van der Waals surface area (Å²) in [4.78, 5) is 4.43. The van der Waals surface area contributed by atoms with Gasteiger partial charge in [-0.3, -0.25) is 4.99 Å². The molecule has 1 nitrogen and oxygen atoms in total. The van der Waals surface area contributed by atoms with Gasteiger partial charge in [-0.25, -0.2) is 0 Å². The molecule has 0 radical (unpaired) electrons. The van der Waals surface area contributed by atoms with Crippen molar-refractivity contribution in [2.45, 2.75) is 34.1 Å². The van der Waals surface area contributed by atoms with Crippen LogP contribution >= 0.6 is 0 Å². The van der Waals surface area contributed by atoms with E-state index >= 15 is 0 Å². The van der Waals surface area contributed by atoms with Crippen LogP contribution in [0.2, 0.25) is 0 Å². The lowest BCUT2D eigenvalue weighted by atomic mass is 9.94. The van der Waals surface area contributed by atoms with Crippen molar-refractivity contribution >= 4 is 5.71 Å². The molecule has 0 amide bonds. The van der Waals surface area contributed by atoms with Crippen molar-refractivity contribution in [2.24, 2.45) is 4.99 Å². The van der Waals surface area contributed by atoms with Gasteiger partial charge in [0, 0.05) is 12.3 Å². The molecule has 1 aromatic rings. The molecular formula is C13H19N. The molecule has 0 atom stereocenters. The smallest absolute Gasteiger partial charge is 0.0433 e. The quantitative estimate of drug-likeness (QED) is 0.593. The Hall–Kier alpha value is -1.11. The van der Waals surface area contributed by atoms with Gasteiger partial charge in [0.15, 0.2) is 0 Å². The van der Waals surface area contributed by atoms with Crippen LogP contribution in [0.1, 0.15) is 37.5 Å². The van der Waals surface area contributed by atoms with E-state index in [-0.39, 0.29) is 0 Å². The van der Waals surface area contributed by atoms with Crippen LogP contribution in [0.15, 0.2) is 23.2 Å². The Morgan fingerprint density at radius 1 is 1.14 bits per heavy atom. The van der Waals surface area contributed by atoms with Crippen molar-refractivity contribution in [3.05, 3.63) is 34.9 Å². The summed E-state index contributed by atoms with van der Waals surface area (Å²) in [6.45, 7) is 9.23. The molecule has 0 spiro atoms. The van der Waals surface area contributed by atoms with Crippen molar-refractivity contribution in [1.82, 2.24) is 0 Å². The zero-order valence-corrected chi connectivity index (χ0v) is 9.59. The number of hydrogen-bond donors (Lipinski definition) is 0. The summed E-state index contributed by atoms with van der Waals surface area (Å²) < 4.78 is 0. The maximum atomic E-state index is 4.43. The zero-order chi connectivity index (χ0) is 10.6. The highest BCUT2D eigenvalue weighted by Gasteiger charge is 2.11. The summed E-state index contributed by atoms with van der Waals surface area (Å²) in [7, 11) is 0. The van der Waals surface area contributed by atoms with Crippen LogP contribution in [0.5, 0.6) is 0 Å². The molecule has 1 heteroatoms. The Bertz CT molecular complexity index is 337. The van der Waals surface area contributed by atoms with Gasteiger partial charge in [0.25, 0.3) is 0 Å². The van der Waals surface area contributed by atoms with E-state index < -0.39 is 0 Å². The number of aryl methyl sites for hydroxylation is 1. The maximum absolute atomic E-state index is 4.43. The summed E-state index contributed by atoms with van der Waals surface area (Å²) in [5.74, 6) is 0. The molecule has 0 fully saturated rings. The topological polar surface area (TPSA) is 12.4 Å². The summed E-state index contributed by atoms with van der Waals surface area (Å²) in [6.07, 6.45) is 1.11. The Kier molecular flexibility index (Phi) is 3.87. The van der Waals surface area contributed by atoms with E-state index in [2.05, 4.69) is 37.0 Å². The first-order valence-corrected chi connectivity index (χ1v) is 5.39. The van der Waals surface area contributed by atoms with Gasteiger partial charge in [-0.1, -0.05) is 32.0 Å². The van der Waals surface area contributed by atoms with Crippen LogP contribution < -0.4 is 0 Å². The highest BCUT2D eigenvalue weighted by Crippen LogP contribution is 2.19. The second-order valence-electron chi connectivity index (χ2n) is 3.32. The number of aliphatic imine (C=N–C) groups is 1. The maximum Gasteiger partial charge on any atom is 0.0433 e. The Morgan fingerprint density at radius 3 is 2.50 bits per heavy atom. The molecule has 0 unspecified atom stereocenters. The van der Waals surface area contributed by atoms with E-state index in [4.69, 9.17) is 0 Å². The molecule has 1 aliphatic rings. The third-order valence-corrected chi connectivity index (χ3v) is 2.51. The lowest BCUT2D eigenvalue weighted by Gasteiger charge is -2.15. The number of rotatable bonds is 0. The lowest BCUT2D eigenvalue weighted by molar-refractivity contribution is 0.931. The van der Waals surface area contributed by atoms with Crippen LogP contribution in [0.25, 0.3) is 0 Å². The van der Waals surface area contributed by atoms with Gasteiger partial charge in [0.1, 0.15) is 0 Å². The fourth-order valence-corrected chi connectivity index (χ4v) is 1.79. The molecule has 0 N–H and O–H groups in total. The average Bonchev–Trinajstić information content (AvgIpc) is 2.23. The number of nitrogens with zero attached hydrogens (tertiary/aromatic N) is 1. The molecule has 0 aromatic heterocycles. The van der Waals surface area contributed by atoms with Gasteiger partial charge in [-0.2, -0.15) is 0 Å². The van der Waals surface area contributed by atoms with Crippen molar-refractivity contribution in [1.29, 1.82) is 0 Å².